The number of esters is 1. The normalized spacial score (nSPS) is 11.0. The van der Waals surface area contributed by atoms with Crippen LogP contribution in [-0.2, 0) is 11.2 Å². The second kappa shape index (κ2) is 8.61. The summed E-state index contributed by atoms with van der Waals surface area (Å²) in [6, 6.07) is 7.37. The highest BCUT2D eigenvalue weighted by atomic mass is 35.5. The fourth-order valence-electron chi connectivity index (χ4n) is 2.56. The van der Waals surface area contributed by atoms with Gasteiger partial charge in [-0.25, -0.2) is 9.78 Å². The van der Waals surface area contributed by atoms with E-state index in [2.05, 4.69) is 19.2 Å². The molecule has 0 saturated carbocycles. The van der Waals surface area contributed by atoms with Gasteiger partial charge in [0.05, 0.1) is 28.5 Å². The van der Waals surface area contributed by atoms with Gasteiger partial charge in [0.15, 0.2) is 5.13 Å². The average molecular weight is 441 g/mol. The van der Waals surface area contributed by atoms with Crippen molar-refractivity contribution in [2.24, 2.45) is 5.92 Å². The number of nitrogens with zero attached hydrogens (tertiary/aromatic N) is 1. The molecule has 0 bridgehead atoms. The summed E-state index contributed by atoms with van der Waals surface area (Å²) in [5.41, 5.74) is 2.49. The smallest absolute Gasteiger partial charge is 0.350 e. The van der Waals surface area contributed by atoms with Gasteiger partial charge < -0.3 is 10.1 Å². The molecule has 0 aliphatic rings. The Morgan fingerprint density at radius 2 is 2.04 bits per heavy atom. The van der Waals surface area contributed by atoms with Gasteiger partial charge in [-0.2, -0.15) is 0 Å². The van der Waals surface area contributed by atoms with Gasteiger partial charge in [0.1, 0.15) is 4.88 Å². The summed E-state index contributed by atoms with van der Waals surface area (Å²) in [4.78, 5) is 18.3. The zero-order valence-corrected chi connectivity index (χ0v) is 18.2. The molecule has 0 aliphatic carbocycles. The Labute approximate surface area is 176 Å². The second-order valence-corrected chi connectivity index (χ2v) is 9.11. The minimum atomic E-state index is -0.365. The first-order valence-electron chi connectivity index (χ1n) is 8.27. The molecule has 27 heavy (non-hydrogen) atoms. The maximum absolute atomic E-state index is 11.9. The molecule has 3 rings (SSSR count). The Morgan fingerprint density at radius 1 is 1.26 bits per heavy atom. The van der Waals surface area contributed by atoms with Gasteiger partial charge in [-0.05, 0) is 35.9 Å². The summed E-state index contributed by atoms with van der Waals surface area (Å²) >= 11 is 15.1. The van der Waals surface area contributed by atoms with Crippen LogP contribution < -0.4 is 5.32 Å². The zero-order valence-electron chi connectivity index (χ0n) is 15.0. The van der Waals surface area contributed by atoms with E-state index in [4.69, 9.17) is 32.9 Å². The van der Waals surface area contributed by atoms with Crippen LogP contribution in [0.15, 0.2) is 29.6 Å². The molecule has 0 aliphatic heterocycles. The van der Waals surface area contributed by atoms with Crippen molar-refractivity contribution in [3.05, 3.63) is 49.4 Å². The predicted octanol–water partition coefficient (Wildman–Crippen LogP) is 6.91. The Bertz CT molecular complexity index is 967. The number of rotatable bonds is 6. The zero-order chi connectivity index (χ0) is 19.6. The largest absolute Gasteiger partial charge is 0.465 e. The summed E-state index contributed by atoms with van der Waals surface area (Å²) < 4.78 is 4.84. The molecule has 142 valence electrons. The van der Waals surface area contributed by atoms with Gasteiger partial charge in [0, 0.05) is 10.4 Å². The summed E-state index contributed by atoms with van der Waals surface area (Å²) in [6.07, 6.45) is 0.891. The molecule has 1 aromatic carbocycles. The van der Waals surface area contributed by atoms with E-state index in [1.165, 1.54) is 18.4 Å². The van der Waals surface area contributed by atoms with Crippen LogP contribution in [0.5, 0.6) is 0 Å². The van der Waals surface area contributed by atoms with E-state index in [0.29, 0.717) is 26.5 Å². The van der Waals surface area contributed by atoms with E-state index < -0.39 is 0 Å². The lowest BCUT2D eigenvalue weighted by atomic mass is 10.0. The van der Waals surface area contributed by atoms with Gasteiger partial charge >= 0.3 is 5.97 Å². The molecule has 3 aromatic rings. The van der Waals surface area contributed by atoms with Crippen LogP contribution in [0.1, 0.15) is 28.4 Å². The van der Waals surface area contributed by atoms with Gasteiger partial charge in [-0.15, -0.1) is 22.7 Å². The number of anilines is 2. The first-order valence-corrected chi connectivity index (χ1v) is 10.7. The third-order valence-corrected chi connectivity index (χ3v) is 6.39. The molecular weight excluding hydrogens is 423 g/mol. The Kier molecular flexibility index (Phi) is 6.42. The van der Waals surface area contributed by atoms with E-state index in [0.717, 1.165) is 27.7 Å². The quantitative estimate of drug-likeness (QED) is 0.423. The van der Waals surface area contributed by atoms with Crippen LogP contribution in [-0.4, -0.2) is 18.1 Å². The van der Waals surface area contributed by atoms with Crippen molar-refractivity contribution in [1.82, 2.24) is 4.98 Å². The lowest BCUT2D eigenvalue weighted by Gasteiger charge is -2.06. The van der Waals surface area contributed by atoms with Gasteiger partial charge in [0.2, 0.25) is 0 Å². The van der Waals surface area contributed by atoms with Crippen LogP contribution >= 0.6 is 45.9 Å². The number of hydrogen-bond donors (Lipinski definition) is 1. The lowest BCUT2D eigenvalue weighted by Crippen LogP contribution is -2.01. The number of carbonyl (C=O) groups excluding carboxylic acids is 1. The number of thiazole rings is 1. The van der Waals surface area contributed by atoms with Crippen molar-refractivity contribution in [3.63, 3.8) is 0 Å². The summed E-state index contributed by atoms with van der Waals surface area (Å²) in [5, 5.41) is 6.83. The second-order valence-electron chi connectivity index (χ2n) is 6.30. The molecule has 0 saturated heterocycles. The molecule has 1 N–H and O–H groups in total. The van der Waals surface area contributed by atoms with Crippen molar-refractivity contribution in [3.8, 4) is 11.3 Å². The van der Waals surface area contributed by atoms with Crippen molar-refractivity contribution in [2.45, 2.75) is 20.3 Å². The molecule has 0 fully saturated rings. The minimum Gasteiger partial charge on any atom is -0.465 e. The molecule has 0 spiro atoms. The number of carbonyl (C=O) groups is 1. The molecular formula is C19H18Cl2N2O2S2. The van der Waals surface area contributed by atoms with Crippen molar-refractivity contribution in [2.75, 3.05) is 12.4 Å². The van der Waals surface area contributed by atoms with Crippen LogP contribution in [0.4, 0.5) is 10.8 Å². The number of benzene rings is 1. The van der Waals surface area contributed by atoms with E-state index in [1.807, 2.05) is 23.6 Å². The third-order valence-electron chi connectivity index (χ3n) is 3.76. The van der Waals surface area contributed by atoms with Crippen molar-refractivity contribution < 1.29 is 9.53 Å². The summed E-state index contributed by atoms with van der Waals surface area (Å²) in [5.74, 6) is 0.114. The maximum Gasteiger partial charge on any atom is 0.350 e. The highest BCUT2D eigenvalue weighted by molar-refractivity contribution is 7.16. The number of halogens is 2. The Hall–Kier alpha value is -1.60. The van der Waals surface area contributed by atoms with Gasteiger partial charge in [-0.3, -0.25) is 0 Å². The van der Waals surface area contributed by atoms with Crippen LogP contribution in [0.2, 0.25) is 10.0 Å². The molecule has 0 amide bonds. The first kappa shape index (κ1) is 20.1. The highest BCUT2D eigenvalue weighted by Crippen LogP contribution is 2.37. The fraction of sp³-hybridized carbons (Fsp3) is 0.263. The third kappa shape index (κ3) is 4.63. The number of hydrogen-bond acceptors (Lipinski definition) is 6. The predicted molar refractivity (Wildman–Crippen MR) is 115 cm³/mol. The number of methoxy groups -OCH3 is 1. The van der Waals surface area contributed by atoms with E-state index in [1.54, 1.807) is 17.4 Å². The first-order chi connectivity index (χ1) is 12.9. The highest BCUT2D eigenvalue weighted by Gasteiger charge is 2.18. The van der Waals surface area contributed by atoms with E-state index in [-0.39, 0.29) is 5.97 Å². The lowest BCUT2D eigenvalue weighted by molar-refractivity contribution is 0.0607. The molecule has 0 atom stereocenters. The molecule has 2 aromatic heterocycles. The number of ether oxygens (including phenoxy) is 1. The van der Waals surface area contributed by atoms with E-state index in [9.17, 15) is 4.79 Å². The maximum atomic E-state index is 11.9. The van der Waals surface area contributed by atoms with Crippen LogP contribution in [0.25, 0.3) is 11.3 Å². The minimum absolute atomic E-state index is 0.365. The fourth-order valence-corrected chi connectivity index (χ4v) is 4.83. The van der Waals surface area contributed by atoms with E-state index >= 15 is 0 Å². The van der Waals surface area contributed by atoms with Crippen LogP contribution in [0, 0.1) is 5.92 Å². The topological polar surface area (TPSA) is 51.2 Å². The van der Waals surface area contributed by atoms with Gasteiger partial charge in [-0.1, -0.05) is 43.1 Å². The molecule has 4 nitrogen and oxygen atoms in total. The van der Waals surface area contributed by atoms with Gasteiger partial charge in [0.25, 0.3) is 0 Å². The Morgan fingerprint density at radius 3 is 2.70 bits per heavy atom. The number of aromatic nitrogens is 1. The average Bonchev–Trinajstić information content (AvgIpc) is 3.23. The summed E-state index contributed by atoms with van der Waals surface area (Å²) in [6.45, 7) is 4.33. The standard InChI is InChI=1S/C19H18Cl2N2O2S2/c1-10(2)8-15-16(11-4-5-12(20)13(21)9-11)23-19(27-15)22-14-6-7-26-17(14)18(24)25-3/h4-7,9-10H,8H2,1-3H3,(H,22,23). The molecule has 8 heteroatoms. The number of nitrogens with one attached hydrogen (secondary N) is 1. The molecule has 0 radical (unpaired) electrons. The van der Waals surface area contributed by atoms with Crippen molar-refractivity contribution in [1.29, 1.82) is 0 Å². The molecule has 2 heterocycles. The summed E-state index contributed by atoms with van der Waals surface area (Å²) in [7, 11) is 1.37. The number of thiophene rings is 1. The Balaban J connectivity index is 1.98. The van der Waals surface area contributed by atoms with Crippen molar-refractivity contribution >= 4 is 62.7 Å². The SMILES string of the molecule is COC(=O)c1sccc1Nc1nc(-c2ccc(Cl)c(Cl)c2)c(CC(C)C)s1. The molecule has 0 unspecified atom stereocenters. The van der Waals surface area contributed by atoms with Crippen LogP contribution in [0.3, 0.4) is 0 Å². The monoisotopic (exact) mass is 440 g/mol.